The SMILES string of the molecule is CCOC(=O)[C@H](CC(C)C)NP(=O)(OCC(=O)OC(C)C)OC[C@H]1O[C@@H](n2cnc3c(OC)nc(C)nc32)[C@@](C)(O)C1O. The number of fused-ring (bicyclic) bond motifs is 1. The maximum absolute atomic E-state index is 13.9. The lowest BCUT2D eigenvalue weighted by atomic mass is 9.96. The molecule has 0 saturated carbocycles. The number of hydrogen-bond acceptors (Lipinski definition) is 14. The van der Waals surface area contributed by atoms with Gasteiger partial charge in [0.25, 0.3) is 0 Å². The first-order valence-corrected chi connectivity index (χ1v) is 15.5. The van der Waals surface area contributed by atoms with Crippen LogP contribution in [0.5, 0.6) is 5.88 Å². The van der Waals surface area contributed by atoms with Gasteiger partial charge in [-0.15, -0.1) is 0 Å². The van der Waals surface area contributed by atoms with Gasteiger partial charge < -0.3 is 29.2 Å². The fourth-order valence-electron chi connectivity index (χ4n) is 4.51. The molecule has 0 aliphatic carbocycles. The molecule has 43 heavy (non-hydrogen) atoms. The summed E-state index contributed by atoms with van der Waals surface area (Å²) in [5, 5.41) is 24.9. The molecule has 2 aromatic rings. The number of methoxy groups -OCH3 is 1. The average Bonchev–Trinajstić information content (AvgIpc) is 3.42. The first kappa shape index (κ1) is 34.8. The van der Waals surface area contributed by atoms with Gasteiger partial charge in [-0.2, -0.15) is 4.98 Å². The summed E-state index contributed by atoms with van der Waals surface area (Å²) in [4.78, 5) is 37.7. The van der Waals surface area contributed by atoms with E-state index in [0.717, 1.165) is 0 Å². The molecule has 3 N–H and O–H groups in total. The summed E-state index contributed by atoms with van der Waals surface area (Å²) in [6.45, 7) is 10.4. The average molecular weight is 632 g/mol. The highest BCUT2D eigenvalue weighted by Gasteiger charge is 2.54. The number of ether oxygens (including phenoxy) is 4. The van der Waals surface area contributed by atoms with E-state index in [9.17, 15) is 24.4 Å². The number of aryl methyl sites for hydroxylation is 1. The molecule has 3 rings (SSSR count). The summed E-state index contributed by atoms with van der Waals surface area (Å²) in [5.74, 6) is -0.919. The molecule has 2 unspecified atom stereocenters. The minimum atomic E-state index is -4.44. The molecule has 16 nitrogen and oxygen atoms in total. The van der Waals surface area contributed by atoms with E-state index in [0.29, 0.717) is 11.3 Å². The molecule has 6 atom stereocenters. The molecule has 17 heteroatoms. The first-order valence-electron chi connectivity index (χ1n) is 14.0. The highest BCUT2D eigenvalue weighted by molar-refractivity contribution is 7.51. The fourth-order valence-corrected chi connectivity index (χ4v) is 5.95. The number of nitrogens with one attached hydrogen (secondary N) is 1. The van der Waals surface area contributed by atoms with Crippen molar-refractivity contribution in [2.24, 2.45) is 5.92 Å². The third kappa shape index (κ3) is 8.47. The molecule has 3 heterocycles. The summed E-state index contributed by atoms with van der Waals surface area (Å²) in [5.41, 5.74) is -1.29. The van der Waals surface area contributed by atoms with Gasteiger partial charge in [-0.3, -0.25) is 18.4 Å². The maximum Gasteiger partial charge on any atom is 0.406 e. The van der Waals surface area contributed by atoms with Crippen LogP contribution < -0.4 is 9.82 Å². The molecule has 242 valence electrons. The van der Waals surface area contributed by atoms with Crippen molar-refractivity contribution >= 4 is 30.8 Å². The number of aliphatic hydroxyl groups excluding tert-OH is 1. The molecule has 0 aromatic carbocycles. The van der Waals surface area contributed by atoms with Gasteiger partial charge in [0.05, 0.1) is 32.8 Å². The second kappa shape index (κ2) is 14.4. The highest BCUT2D eigenvalue weighted by Crippen LogP contribution is 2.47. The zero-order valence-corrected chi connectivity index (χ0v) is 26.6. The molecule has 1 fully saturated rings. The summed E-state index contributed by atoms with van der Waals surface area (Å²) in [6, 6.07) is -1.10. The molecular weight excluding hydrogens is 589 g/mol. The molecule has 0 amide bonds. The Morgan fingerprint density at radius 2 is 1.93 bits per heavy atom. The van der Waals surface area contributed by atoms with Crippen LogP contribution in [0.25, 0.3) is 11.2 Å². The molecule has 1 aliphatic heterocycles. The van der Waals surface area contributed by atoms with E-state index < -0.39 is 69.1 Å². The summed E-state index contributed by atoms with van der Waals surface area (Å²) < 4.78 is 47.8. The monoisotopic (exact) mass is 631 g/mol. The van der Waals surface area contributed by atoms with Crippen molar-refractivity contribution in [3.63, 3.8) is 0 Å². The number of esters is 2. The van der Waals surface area contributed by atoms with Crippen LogP contribution in [-0.2, 0) is 37.4 Å². The van der Waals surface area contributed by atoms with E-state index in [2.05, 4.69) is 20.0 Å². The van der Waals surface area contributed by atoms with E-state index in [1.165, 1.54) is 24.9 Å². The van der Waals surface area contributed by atoms with Crippen LogP contribution in [0, 0.1) is 12.8 Å². The van der Waals surface area contributed by atoms with Gasteiger partial charge in [-0.1, -0.05) is 13.8 Å². The molecule has 0 spiro atoms. The van der Waals surface area contributed by atoms with Gasteiger partial charge in [0, 0.05) is 0 Å². The fraction of sp³-hybridized carbons (Fsp3) is 0.731. The van der Waals surface area contributed by atoms with Gasteiger partial charge in [0.15, 0.2) is 24.0 Å². The summed E-state index contributed by atoms with van der Waals surface area (Å²) >= 11 is 0. The lowest BCUT2D eigenvalue weighted by Crippen LogP contribution is -2.44. The summed E-state index contributed by atoms with van der Waals surface area (Å²) in [6.07, 6.45) is -2.87. The standard InChI is InChI=1S/C26H42N5O11P/c1-9-38-24(34)17(10-14(2)3)30-43(36,40-12-19(32)41-15(4)5)39-11-18-21(33)26(7,35)25(42-18)31-13-27-20-22(31)28-16(6)29-23(20)37-8/h13-15,17-18,21,25,33,35H,9-12H2,1-8H3,(H,30,36)/t17-,18+,21?,25+,26-,43?/m0/s1. The smallest absolute Gasteiger partial charge is 0.406 e. The topological polar surface area (TPSA) is 203 Å². The number of imidazole rings is 1. The minimum absolute atomic E-state index is 0.0202. The lowest BCUT2D eigenvalue weighted by Gasteiger charge is -2.27. The van der Waals surface area contributed by atoms with Crippen molar-refractivity contribution in [2.45, 2.75) is 91.1 Å². The van der Waals surface area contributed by atoms with E-state index in [1.807, 2.05) is 13.8 Å². The van der Waals surface area contributed by atoms with E-state index >= 15 is 0 Å². The first-order chi connectivity index (χ1) is 20.1. The summed E-state index contributed by atoms with van der Waals surface area (Å²) in [7, 11) is -3.01. The quantitative estimate of drug-likeness (QED) is 0.189. The molecule has 1 aliphatic rings. The zero-order valence-electron chi connectivity index (χ0n) is 25.7. The molecule has 0 radical (unpaired) electrons. The maximum atomic E-state index is 13.9. The number of nitrogens with zero attached hydrogens (tertiary/aromatic N) is 4. The molecule has 0 bridgehead atoms. The number of rotatable bonds is 15. The van der Waals surface area contributed by atoms with Crippen molar-refractivity contribution in [1.82, 2.24) is 24.6 Å². The lowest BCUT2D eigenvalue weighted by molar-refractivity contribution is -0.150. The molecular formula is C26H42N5O11P. The Labute approximate surface area is 250 Å². The van der Waals surface area contributed by atoms with Crippen molar-refractivity contribution < 1.29 is 52.4 Å². The van der Waals surface area contributed by atoms with E-state index in [-0.39, 0.29) is 30.5 Å². The van der Waals surface area contributed by atoms with Crippen LogP contribution in [-0.4, -0.2) is 98.6 Å². The zero-order chi connectivity index (χ0) is 32.1. The number of aromatic nitrogens is 4. The number of carbonyl (C=O) groups is 2. The van der Waals surface area contributed by atoms with Gasteiger partial charge >= 0.3 is 19.7 Å². The van der Waals surface area contributed by atoms with Crippen LogP contribution in [0.4, 0.5) is 0 Å². The number of carbonyl (C=O) groups excluding carboxylic acids is 2. The third-order valence-corrected chi connectivity index (χ3v) is 8.01. The largest absolute Gasteiger partial charge is 0.479 e. The molecule has 1 saturated heterocycles. The van der Waals surface area contributed by atoms with Crippen LogP contribution >= 0.6 is 7.75 Å². The Morgan fingerprint density at radius 3 is 2.53 bits per heavy atom. The normalized spacial score (nSPS) is 24.3. The van der Waals surface area contributed by atoms with Gasteiger partial charge in [-0.25, -0.2) is 24.4 Å². The van der Waals surface area contributed by atoms with E-state index in [1.54, 1.807) is 27.7 Å². The third-order valence-electron chi connectivity index (χ3n) is 6.42. The van der Waals surface area contributed by atoms with Gasteiger partial charge in [0.2, 0.25) is 5.88 Å². The van der Waals surface area contributed by atoms with Gasteiger partial charge in [-0.05, 0) is 47.0 Å². The number of aliphatic hydroxyl groups is 2. The van der Waals surface area contributed by atoms with Crippen LogP contribution in [0.15, 0.2) is 6.33 Å². The highest BCUT2D eigenvalue weighted by atomic mass is 31.2. The van der Waals surface area contributed by atoms with Crippen LogP contribution in [0.1, 0.15) is 60.0 Å². The minimum Gasteiger partial charge on any atom is -0.479 e. The van der Waals surface area contributed by atoms with Crippen molar-refractivity contribution in [3.8, 4) is 5.88 Å². The Morgan fingerprint density at radius 1 is 1.23 bits per heavy atom. The number of hydrogen-bond donors (Lipinski definition) is 3. The van der Waals surface area contributed by atoms with Crippen molar-refractivity contribution in [3.05, 3.63) is 12.2 Å². The second-order valence-corrected chi connectivity index (χ2v) is 12.7. The van der Waals surface area contributed by atoms with Crippen LogP contribution in [0.3, 0.4) is 0 Å². The molecule has 2 aromatic heterocycles. The van der Waals surface area contributed by atoms with E-state index in [4.69, 9.17) is 28.0 Å². The van der Waals surface area contributed by atoms with Crippen molar-refractivity contribution in [1.29, 1.82) is 0 Å². The van der Waals surface area contributed by atoms with Crippen molar-refractivity contribution in [2.75, 3.05) is 26.9 Å². The Kier molecular flexibility index (Phi) is 11.6. The predicted molar refractivity (Wildman–Crippen MR) is 151 cm³/mol. The van der Waals surface area contributed by atoms with Gasteiger partial charge in [0.1, 0.15) is 29.7 Å². The Balaban J connectivity index is 1.86. The van der Waals surface area contributed by atoms with Crippen LogP contribution in [0.2, 0.25) is 0 Å². The second-order valence-electron chi connectivity index (χ2n) is 11.0. The predicted octanol–water partition coefficient (Wildman–Crippen LogP) is 1.81. The Bertz CT molecular complexity index is 1320. The Hall–Kier alpha value is -2.72.